The highest BCUT2D eigenvalue weighted by Crippen LogP contribution is 2.49. The van der Waals surface area contributed by atoms with Gasteiger partial charge in [0.2, 0.25) is 0 Å². The number of benzene rings is 3. The normalized spacial score (nSPS) is 19.1. The van der Waals surface area contributed by atoms with E-state index in [1.165, 1.54) is 33.9 Å². The van der Waals surface area contributed by atoms with Crippen LogP contribution in [0.15, 0.2) is 60.7 Å². The molecule has 1 unspecified atom stereocenters. The van der Waals surface area contributed by atoms with E-state index in [0.717, 1.165) is 13.0 Å². The lowest BCUT2D eigenvalue weighted by Gasteiger charge is -2.27. The summed E-state index contributed by atoms with van der Waals surface area (Å²) in [5, 5.41) is 5.10. The quantitative estimate of drug-likeness (QED) is 0.253. The van der Waals surface area contributed by atoms with Crippen molar-refractivity contribution in [3.8, 4) is 11.1 Å². The maximum atomic E-state index is 6.33. The Labute approximate surface area is 214 Å². The minimum atomic E-state index is -1.65. The van der Waals surface area contributed by atoms with Gasteiger partial charge in [-0.05, 0) is 71.1 Å². The summed E-state index contributed by atoms with van der Waals surface area (Å²) >= 11 is 0. The van der Waals surface area contributed by atoms with Crippen LogP contribution in [0.2, 0.25) is 51.9 Å². The van der Waals surface area contributed by atoms with Gasteiger partial charge in [-0.25, -0.2) is 0 Å². The fourth-order valence-electron chi connectivity index (χ4n) is 6.60. The van der Waals surface area contributed by atoms with Crippen LogP contribution in [0.1, 0.15) is 33.7 Å². The fourth-order valence-corrected chi connectivity index (χ4v) is 13.4. The highest BCUT2D eigenvalue weighted by atomic mass is 28.4. The molecule has 0 radical (unpaired) electrons. The molecule has 3 aromatic carbocycles. The van der Waals surface area contributed by atoms with E-state index in [0.29, 0.717) is 5.92 Å². The molecular formula is C31H38OSi3. The molecule has 2 aliphatic carbocycles. The van der Waals surface area contributed by atoms with Crippen molar-refractivity contribution in [3.05, 3.63) is 88.5 Å². The van der Waals surface area contributed by atoms with E-state index in [2.05, 4.69) is 107 Å². The Morgan fingerprint density at radius 1 is 0.886 bits per heavy atom. The van der Waals surface area contributed by atoms with Crippen LogP contribution in [0.3, 0.4) is 0 Å². The average molecular weight is 511 g/mol. The molecule has 1 heterocycles. The maximum absolute atomic E-state index is 6.33. The van der Waals surface area contributed by atoms with Crippen LogP contribution in [0.4, 0.5) is 0 Å². The number of allylic oxidation sites excluding steroid dienone is 1. The average Bonchev–Trinajstić information content (AvgIpc) is 3.11. The molecule has 0 saturated heterocycles. The third-order valence-corrected chi connectivity index (χ3v) is 16.3. The third-order valence-electron chi connectivity index (χ3n) is 8.61. The second kappa shape index (κ2) is 7.75. The van der Waals surface area contributed by atoms with E-state index in [1.54, 1.807) is 26.7 Å². The van der Waals surface area contributed by atoms with Crippen molar-refractivity contribution in [1.29, 1.82) is 0 Å². The molecule has 1 aliphatic heterocycles. The molecule has 3 aromatic rings. The van der Waals surface area contributed by atoms with Crippen LogP contribution in [-0.4, -0.2) is 31.1 Å². The van der Waals surface area contributed by atoms with Gasteiger partial charge < -0.3 is 4.43 Å². The van der Waals surface area contributed by atoms with Crippen molar-refractivity contribution in [1.82, 2.24) is 0 Å². The summed E-state index contributed by atoms with van der Waals surface area (Å²) in [6.07, 6.45) is 3.79. The Morgan fingerprint density at radius 2 is 1.57 bits per heavy atom. The van der Waals surface area contributed by atoms with Gasteiger partial charge in [-0.2, -0.15) is 0 Å². The Bertz CT molecular complexity index is 1390. The maximum Gasteiger partial charge on any atom is 0.183 e. The van der Waals surface area contributed by atoms with Crippen LogP contribution >= 0.6 is 0 Å². The number of fused-ring (bicyclic) bond motifs is 5. The van der Waals surface area contributed by atoms with Crippen molar-refractivity contribution in [3.63, 3.8) is 0 Å². The van der Waals surface area contributed by atoms with Gasteiger partial charge in [0.1, 0.15) is 8.07 Å². The molecule has 0 N–H and O–H groups in total. The SMILES string of the molecule is C[Si](C)(C)OCC[Si](C)(C)C1=CC(c2c3c(cc4c2[Si]4(C)C)-c2ccccc2C3)c2ccccc21. The van der Waals surface area contributed by atoms with Gasteiger partial charge >= 0.3 is 0 Å². The van der Waals surface area contributed by atoms with Gasteiger partial charge in [0, 0.05) is 12.5 Å². The second-order valence-electron chi connectivity index (χ2n) is 12.9. The van der Waals surface area contributed by atoms with E-state index >= 15 is 0 Å². The molecule has 1 nitrogen and oxygen atoms in total. The molecule has 3 aliphatic rings. The first kappa shape index (κ1) is 23.4. The van der Waals surface area contributed by atoms with Crippen molar-refractivity contribution in [2.75, 3.05) is 6.61 Å². The predicted octanol–water partition coefficient (Wildman–Crippen LogP) is 7.02. The molecule has 1 atom stereocenters. The summed E-state index contributed by atoms with van der Waals surface area (Å²) in [4.78, 5) is 0. The largest absolute Gasteiger partial charge is 0.418 e. The van der Waals surface area contributed by atoms with Gasteiger partial charge in [0.25, 0.3) is 0 Å². The molecular weight excluding hydrogens is 473 g/mol. The van der Waals surface area contributed by atoms with Crippen LogP contribution in [-0.2, 0) is 10.8 Å². The summed E-state index contributed by atoms with van der Waals surface area (Å²) < 4.78 is 6.33. The molecule has 180 valence electrons. The first-order chi connectivity index (χ1) is 16.5. The van der Waals surface area contributed by atoms with Crippen molar-refractivity contribution >= 4 is 40.0 Å². The molecule has 0 fully saturated rings. The molecule has 35 heavy (non-hydrogen) atoms. The minimum absolute atomic E-state index is 0.401. The molecule has 6 rings (SSSR count). The van der Waals surface area contributed by atoms with E-state index in [4.69, 9.17) is 4.43 Å². The molecule has 0 saturated carbocycles. The van der Waals surface area contributed by atoms with Crippen LogP contribution in [0.25, 0.3) is 16.3 Å². The Hall–Kier alpha value is -1.99. The lowest BCUT2D eigenvalue weighted by Crippen LogP contribution is -2.33. The standard InChI is InChI=1S/C31H38OSi3/c1-33(2,3)32-16-17-34(4,5)28-20-27(23-14-10-11-15-24(23)28)30-26-18-21-12-8-9-13-22(21)25(26)19-29-31(30)35(29,6)7/h8-15,19-20,27H,16-18H2,1-7H3. The van der Waals surface area contributed by atoms with E-state index in [-0.39, 0.29) is 0 Å². The number of hydrogen-bond donors (Lipinski definition) is 0. The minimum Gasteiger partial charge on any atom is -0.418 e. The molecule has 0 amide bonds. The van der Waals surface area contributed by atoms with Crippen LogP contribution < -0.4 is 10.4 Å². The summed E-state index contributed by atoms with van der Waals surface area (Å²) in [6.45, 7) is 18.0. The monoisotopic (exact) mass is 510 g/mol. The zero-order valence-corrected chi connectivity index (χ0v) is 25.4. The van der Waals surface area contributed by atoms with Gasteiger partial charge in [0.15, 0.2) is 8.32 Å². The van der Waals surface area contributed by atoms with Crippen molar-refractivity contribution in [2.24, 2.45) is 0 Å². The Morgan fingerprint density at radius 3 is 2.31 bits per heavy atom. The zero-order chi connectivity index (χ0) is 24.8. The van der Waals surface area contributed by atoms with Crippen molar-refractivity contribution in [2.45, 2.75) is 64.2 Å². The topological polar surface area (TPSA) is 9.23 Å². The summed E-state index contributed by atoms with van der Waals surface area (Å²) in [5.74, 6) is 0.401. The second-order valence-corrected chi connectivity index (χ2v) is 26.5. The Kier molecular flexibility index (Phi) is 5.19. The first-order valence-electron chi connectivity index (χ1n) is 13.2. The highest BCUT2D eigenvalue weighted by molar-refractivity contribution is 7.16. The Balaban J connectivity index is 1.47. The van der Waals surface area contributed by atoms with Crippen LogP contribution in [0, 0.1) is 0 Å². The summed E-state index contributed by atoms with van der Waals surface area (Å²) in [6, 6.07) is 22.2. The number of rotatable bonds is 6. The fraction of sp³-hybridized carbons (Fsp3) is 0.355. The zero-order valence-electron chi connectivity index (χ0n) is 22.4. The van der Waals surface area contributed by atoms with Gasteiger partial charge in [-0.15, -0.1) is 0 Å². The molecule has 0 bridgehead atoms. The van der Waals surface area contributed by atoms with Gasteiger partial charge in [-0.1, -0.05) is 102 Å². The van der Waals surface area contributed by atoms with E-state index in [1.807, 2.05) is 0 Å². The number of hydrogen-bond acceptors (Lipinski definition) is 1. The van der Waals surface area contributed by atoms with Crippen LogP contribution in [0.5, 0.6) is 0 Å². The summed E-state index contributed by atoms with van der Waals surface area (Å²) in [5.41, 5.74) is 10.8. The van der Waals surface area contributed by atoms with Gasteiger partial charge in [-0.3, -0.25) is 0 Å². The summed E-state index contributed by atoms with van der Waals surface area (Å²) in [7, 11) is -4.58. The van der Waals surface area contributed by atoms with E-state index < -0.39 is 24.5 Å². The van der Waals surface area contributed by atoms with E-state index in [9.17, 15) is 0 Å². The molecule has 4 heteroatoms. The van der Waals surface area contributed by atoms with Gasteiger partial charge in [0.05, 0.1) is 8.07 Å². The van der Waals surface area contributed by atoms with Crippen molar-refractivity contribution < 1.29 is 4.43 Å². The predicted molar refractivity (Wildman–Crippen MR) is 159 cm³/mol. The lowest BCUT2D eigenvalue weighted by atomic mass is 9.88. The smallest absolute Gasteiger partial charge is 0.183 e. The molecule has 0 spiro atoms. The lowest BCUT2D eigenvalue weighted by molar-refractivity contribution is 0.332. The molecule has 0 aromatic heterocycles. The first-order valence-corrected chi connectivity index (χ1v) is 22.9. The third kappa shape index (κ3) is 3.72. The highest BCUT2D eigenvalue weighted by Gasteiger charge is 2.50.